The lowest BCUT2D eigenvalue weighted by atomic mass is 10.1. The Morgan fingerprint density at radius 2 is 1.58 bits per heavy atom. The number of nitrogen functional groups attached to an aromatic ring is 1. The van der Waals surface area contributed by atoms with Gasteiger partial charge >= 0.3 is 11.1 Å². The van der Waals surface area contributed by atoms with Crippen molar-refractivity contribution in [3.05, 3.63) is 81.4 Å². The molecule has 3 N–H and O–H groups in total. The summed E-state index contributed by atoms with van der Waals surface area (Å²) in [5.74, 6) is 0. The molecule has 24 heavy (non-hydrogen) atoms. The number of fused-ring (bicyclic) bond motifs is 3. The zero-order valence-electron chi connectivity index (χ0n) is 12.5. The number of nitrogens with two attached hydrogens (primary N) is 1. The second-order valence-corrected chi connectivity index (χ2v) is 5.37. The zero-order chi connectivity index (χ0) is 16.0. The molecule has 0 unspecified atom stereocenters. The molecule has 4 aromatic rings. The van der Waals surface area contributed by atoms with E-state index in [9.17, 15) is 9.59 Å². The van der Waals surface area contributed by atoms with Crippen LogP contribution in [0.15, 0.2) is 70.3 Å². The van der Waals surface area contributed by atoms with Crippen molar-refractivity contribution >= 4 is 39.9 Å². The highest BCUT2D eigenvalue weighted by molar-refractivity contribution is 6.04. The summed E-state index contributed by atoms with van der Waals surface area (Å²) in [6.45, 7) is 0. The molecule has 0 atom stereocenters. The number of halogens is 1. The van der Waals surface area contributed by atoms with E-state index >= 15 is 0 Å². The smallest absolute Gasteiger partial charge is 0.321 e. The highest BCUT2D eigenvalue weighted by Crippen LogP contribution is 2.24. The third kappa shape index (κ3) is 2.35. The van der Waals surface area contributed by atoms with Crippen LogP contribution >= 0.6 is 12.4 Å². The van der Waals surface area contributed by atoms with Gasteiger partial charge in [0.25, 0.3) is 0 Å². The van der Waals surface area contributed by atoms with Gasteiger partial charge in [-0.05, 0) is 35.7 Å². The van der Waals surface area contributed by atoms with Crippen LogP contribution in [0.4, 0.5) is 5.69 Å². The maximum absolute atomic E-state index is 12.5. The average molecular weight is 340 g/mol. The first kappa shape index (κ1) is 15.8. The molecule has 0 aliphatic heterocycles. The summed E-state index contributed by atoms with van der Waals surface area (Å²) in [7, 11) is 0. The van der Waals surface area contributed by atoms with Crippen LogP contribution in [0.1, 0.15) is 0 Å². The minimum Gasteiger partial charge on any atom is -0.399 e. The van der Waals surface area contributed by atoms with Gasteiger partial charge in [-0.25, -0.2) is 0 Å². The maximum Gasteiger partial charge on any atom is 0.321 e. The van der Waals surface area contributed by atoms with E-state index in [1.807, 2.05) is 36.4 Å². The Hall–Kier alpha value is -3.05. The second kappa shape index (κ2) is 5.86. The van der Waals surface area contributed by atoms with Gasteiger partial charge in [0.05, 0.1) is 11.0 Å². The van der Waals surface area contributed by atoms with Gasteiger partial charge in [0, 0.05) is 16.8 Å². The zero-order valence-corrected chi connectivity index (χ0v) is 13.3. The Bertz CT molecular complexity index is 1160. The molecule has 120 valence electrons. The van der Waals surface area contributed by atoms with Crippen LogP contribution in [0.3, 0.4) is 0 Å². The van der Waals surface area contributed by atoms with Crippen molar-refractivity contribution < 1.29 is 0 Å². The van der Waals surface area contributed by atoms with Gasteiger partial charge in [-0.2, -0.15) is 0 Å². The first-order valence-electron chi connectivity index (χ1n) is 7.18. The molecule has 6 heteroatoms. The Morgan fingerprint density at radius 3 is 2.33 bits per heavy atom. The summed E-state index contributed by atoms with van der Waals surface area (Å²) in [5, 5.41) is 1.89. The number of anilines is 1. The third-order valence-electron chi connectivity index (χ3n) is 3.92. The molecule has 0 aliphatic rings. The molecule has 0 saturated heterocycles. The number of hydrogen-bond donors (Lipinski definition) is 2. The summed E-state index contributed by atoms with van der Waals surface area (Å²) >= 11 is 0. The number of hydrogen-bond acceptors (Lipinski definition) is 3. The van der Waals surface area contributed by atoms with Crippen LogP contribution in [0.2, 0.25) is 0 Å². The van der Waals surface area contributed by atoms with E-state index in [2.05, 4.69) is 4.98 Å². The number of rotatable bonds is 1. The monoisotopic (exact) mass is 339 g/mol. The van der Waals surface area contributed by atoms with Crippen molar-refractivity contribution in [2.24, 2.45) is 0 Å². The fraction of sp³-hybridized carbons (Fsp3) is 0. The number of aromatic amines is 1. The van der Waals surface area contributed by atoms with Crippen LogP contribution in [0.5, 0.6) is 0 Å². The lowest BCUT2D eigenvalue weighted by Gasteiger charge is -2.12. The van der Waals surface area contributed by atoms with Gasteiger partial charge in [0.1, 0.15) is 0 Å². The van der Waals surface area contributed by atoms with Gasteiger partial charge in [0.15, 0.2) is 0 Å². The summed E-state index contributed by atoms with van der Waals surface area (Å²) < 4.78 is 1.44. The molecule has 0 bridgehead atoms. The molecule has 0 amide bonds. The maximum atomic E-state index is 12.5. The van der Waals surface area contributed by atoms with E-state index in [4.69, 9.17) is 5.73 Å². The van der Waals surface area contributed by atoms with Gasteiger partial charge in [-0.15, -0.1) is 12.4 Å². The molecule has 1 aromatic heterocycles. The van der Waals surface area contributed by atoms with Gasteiger partial charge in [-0.3, -0.25) is 14.2 Å². The molecular weight excluding hydrogens is 326 g/mol. The molecule has 1 heterocycles. The fourth-order valence-corrected chi connectivity index (χ4v) is 2.85. The van der Waals surface area contributed by atoms with Crippen molar-refractivity contribution in [3.63, 3.8) is 0 Å². The Labute approximate surface area is 142 Å². The fourth-order valence-electron chi connectivity index (χ4n) is 2.85. The third-order valence-corrected chi connectivity index (χ3v) is 3.92. The van der Waals surface area contributed by atoms with Crippen LogP contribution < -0.4 is 16.9 Å². The highest BCUT2D eigenvalue weighted by atomic mass is 35.5. The number of nitrogens with one attached hydrogen (secondary N) is 1. The topological polar surface area (TPSA) is 80.9 Å². The van der Waals surface area contributed by atoms with E-state index in [-0.39, 0.29) is 12.4 Å². The lowest BCUT2D eigenvalue weighted by molar-refractivity contribution is 0.991. The number of nitrogens with zero attached hydrogens (tertiary/aromatic N) is 1. The Balaban J connectivity index is 0.00000169. The number of aromatic nitrogens is 2. The predicted molar refractivity (Wildman–Crippen MR) is 99.3 cm³/mol. The summed E-state index contributed by atoms with van der Waals surface area (Å²) in [6, 6.07) is 18.4. The minimum absolute atomic E-state index is 0. The summed E-state index contributed by atoms with van der Waals surface area (Å²) in [5.41, 5.74) is 6.96. The van der Waals surface area contributed by atoms with Crippen LogP contribution in [0.25, 0.3) is 27.5 Å². The van der Waals surface area contributed by atoms with E-state index < -0.39 is 11.1 Å². The van der Waals surface area contributed by atoms with E-state index in [1.54, 1.807) is 24.3 Å². The quantitative estimate of drug-likeness (QED) is 0.318. The van der Waals surface area contributed by atoms with Crippen molar-refractivity contribution in [2.75, 3.05) is 5.73 Å². The second-order valence-electron chi connectivity index (χ2n) is 5.37. The van der Waals surface area contributed by atoms with Crippen molar-refractivity contribution in [3.8, 4) is 5.69 Å². The van der Waals surface area contributed by atoms with Gasteiger partial charge in [-0.1, -0.05) is 30.3 Å². The van der Waals surface area contributed by atoms with Crippen molar-refractivity contribution in [1.29, 1.82) is 0 Å². The molecule has 3 aromatic carbocycles. The number of H-pyrrole nitrogens is 1. The average Bonchev–Trinajstić information content (AvgIpc) is 2.57. The van der Waals surface area contributed by atoms with Crippen LogP contribution in [-0.2, 0) is 0 Å². The van der Waals surface area contributed by atoms with E-state index in [0.717, 1.165) is 10.8 Å². The molecule has 4 rings (SSSR count). The molecular formula is C18H14ClN3O2. The highest BCUT2D eigenvalue weighted by Gasteiger charge is 2.12. The SMILES string of the molecule is Cl.Nc1ccc(-n2c(=O)c(=O)[nH]c3ccc4ccccc4c32)cc1. The largest absolute Gasteiger partial charge is 0.399 e. The van der Waals surface area contributed by atoms with Gasteiger partial charge < -0.3 is 10.7 Å². The Kier molecular flexibility index (Phi) is 3.87. The van der Waals surface area contributed by atoms with E-state index in [0.29, 0.717) is 22.4 Å². The van der Waals surface area contributed by atoms with E-state index in [1.165, 1.54) is 4.57 Å². The Morgan fingerprint density at radius 1 is 0.875 bits per heavy atom. The summed E-state index contributed by atoms with van der Waals surface area (Å²) in [6.07, 6.45) is 0. The molecule has 0 radical (unpaired) electrons. The molecule has 0 saturated carbocycles. The number of benzene rings is 3. The van der Waals surface area contributed by atoms with Crippen molar-refractivity contribution in [2.45, 2.75) is 0 Å². The summed E-state index contributed by atoms with van der Waals surface area (Å²) in [4.78, 5) is 27.2. The minimum atomic E-state index is -0.649. The molecule has 5 nitrogen and oxygen atoms in total. The van der Waals surface area contributed by atoms with Crippen LogP contribution in [-0.4, -0.2) is 9.55 Å². The standard InChI is InChI=1S/C18H13N3O2.ClH/c19-12-6-8-13(9-7-12)21-16-14-4-2-1-3-11(14)5-10-15(16)20-17(22)18(21)23;/h1-10H,19H2,(H,20,22);1H. The first-order chi connectivity index (χ1) is 11.1. The van der Waals surface area contributed by atoms with Gasteiger partial charge in [0.2, 0.25) is 0 Å². The molecule has 0 fully saturated rings. The predicted octanol–water partition coefficient (Wildman–Crippen LogP) is 2.84. The lowest BCUT2D eigenvalue weighted by Crippen LogP contribution is -2.35. The molecule has 0 aliphatic carbocycles. The van der Waals surface area contributed by atoms with Crippen LogP contribution in [0, 0.1) is 0 Å². The molecule has 0 spiro atoms. The van der Waals surface area contributed by atoms with Crippen molar-refractivity contribution in [1.82, 2.24) is 9.55 Å². The normalized spacial score (nSPS) is 10.7. The first-order valence-corrected chi connectivity index (χ1v) is 7.18.